The minimum atomic E-state index is -0.223. The maximum Gasteiger partial charge on any atom is 0.256 e. The summed E-state index contributed by atoms with van der Waals surface area (Å²) in [6.45, 7) is -0.418. The van der Waals surface area contributed by atoms with Crippen molar-refractivity contribution in [3.8, 4) is 44.9 Å². The fraction of sp³-hybridized carbons (Fsp3) is 0. The van der Waals surface area contributed by atoms with Gasteiger partial charge in [0.05, 0.1) is 22.4 Å². The van der Waals surface area contributed by atoms with E-state index >= 15 is 0 Å². The minimum Gasteiger partial charge on any atom is -0.458 e. The van der Waals surface area contributed by atoms with Crippen molar-refractivity contribution in [3.05, 3.63) is 285 Å². The molecule has 0 unspecified atom stereocenters. The lowest BCUT2D eigenvalue weighted by atomic mass is 9.30. The van der Waals surface area contributed by atoms with Crippen molar-refractivity contribution >= 4 is 151 Å². The molecule has 398 valence electrons. The summed E-state index contributed by atoms with van der Waals surface area (Å²) in [6, 6.07) is 105. The summed E-state index contributed by atoms with van der Waals surface area (Å²) >= 11 is 1.84. The minimum absolute atomic E-state index is 0.195. The van der Waals surface area contributed by atoms with Crippen LogP contribution in [0, 0.1) is 0 Å². The van der Waals surface area contributed by atoms with Crippen LogP contribution in [0.2, 0.25) is 0 Å². The first-order valence-corrected chi connectivity index (χ1v) is 30.4. The van der Waals surface area contributed by atoms with E-state index in [1.807, 2.05) is 11.3 Å². The van der Waals surface area contributed by atoms with E-state index in [9.17, 15) is 0 Å². The Morgan fingerprint density at radius 2 is 0.872 bits per heavy atom. The van der Waals surface area contributed by atoms with Crippen LogP contribution >= 0.6 is 11.3 Å². The van der Waals surface area contributed by atoms with E-state index in [2.05, 4.69) is 300 Å². The molecule has 5 nitrogen and oxygen atoms in total. The van der Waals surface area contributed by atoms with Crippen LogP contribution in [0.25, 0.3) is 75.5 Å². The molecule has 0 aliphatic carbocycles. The highest BCUT2D eigenvalue weighted by Gasteiger charge is 2.50. The average Bonchev–Trinajstić information content (AvgIpc) is 0.994. The van der Waals surface area contributed by atoms with Crippen LogP contribution < -0.4 is 52.2 Å². The molecule has 0 amide bonds. The number of thiophene rings is 1. The molecule has 19 rings (SSSR count). The molecule has 15 aromatic rings. The van der Waals surface area contributed by atoms with Crippen molar-refractivity contribution in [3.63, 3.8) is 0 Å². The number of nitrogens with zero attached hydrogens (tertiary/aromatic N) is 3. The highest BCUT2D eigenvalue weighted by molar-refractivity contribution is 7.26. The molecule has 4 aliphatic heterocycles. The largest absolute Gasteiger partial charge is 0.458 e. The van der Waals surface area contributed by atoms with Gasteiger partial charge < -0.3 is 23.9 Å². The van der Waals surface area contributed by atoms with Gasteiger partial charge in [-0.1, -0.05) is 224 Å². The predicted octanol–water partition coefficient (Wildman–Crippen LogP) is 17.4. The van der Waals surface area contributed by atoms with E-state index in [1.165, 1.54) is 42.1 Å². The SMILES string of the molecule is c1ccc(-c2ccccc2N2c3cc4c(cc3B3c5ccccc5Oc5c3c2cc2sc3ccccc3c52)B2c3ccccc3N(c3ccccc3)c3c2c(cc2oc5ccccc5c32)N4c2c(-c3ccccc3)cccc2-c2ccccc2)cc1. The fourth-order valence-electron chi connectivity index (χ4n) is 15.0. The van der Waals surface area contributed by atoms with Crippen molar-refractivity contribution in [2.75, 3.05) is 14.7 Å². The van der Waals surface area contributed by atoms with Gasteiger partial charge in [0.1, 0.15) is 22.7 Å². The van der Waals surface area contributed by atoms with Crippen molar-refractivity contribution in [2.45, 2.75) is 0 Å². The molecular weight excluding hydrogens is 1060 g/mol. The summed E-state index contributed by atoms with van der Waals surface area (Å²) < 4.78 is 17.1. The number of furan rings is 1. The summed E-state index contributed by atoms with van der Waals surface area (Å²) in [5, 5.41) is 4.55. The molecule has 8 heteroatoms. The van der Waals surface area contributed by atoms with Gasteiger partial charge in [0.2, 0.25) is 0 Å². The number of hydrogen-bond acceptors (Lipinski definition) is 6. The van der Waals surface area contributed by atoms with Crippen molar-refractivity contribution in [1.29, 1.82) is 0 Å². The van der Waals surface area contributed by atoms with Crippen molar-refractivity contribution < 1.29 is 9.15 Å². The van der Waals surface area contributed by atoms with Gasteiger partial charge in [0.25, 0.3) is 13.4 Å². The number of fused-ring (bicyclic) bond motifs is 16. The molecule has 0 N–H and O–H groups in total. The lowest BCUT2D eigenvalue weighted by molar-refractivity contribution is 0.493. The van der Waals surface area contributed by atoms with Gasteiger partial charge >= 0.3 is 0 Å². The van der Waals surface area contributed by atoms with Gasteiger partial charge in [-0.2, -0.15) is 0 Å². The van der Waals surface area contributed by atoms with Gasteiger partial charge in [0.15, 0.2) is 0 Å². The quantitative estimate of drug-likeness (QED) is 0.155. The zero-order valence-corrected chi connectivity index (χ0v) is 47.2. The third-order valence-electron chi connectivity index (χ3n) is 18.5. The number of para-hydroxylation sites is 6. The van der Waals surface area contributed by atoms with Crippen molar-refractivity contribution in [1.82, 2.24) is 0 Å². The van der Waals surface area contributed by atoms with E-state index in [0.29, 0.717) is 0 Å². The Morgan fingerprint density at radius 1 is 0.314 bits per heavy atom. The summed E-state index contributed by atoms with van der Waals surface area (Å²) in [6.07, 6.45) is 0. The Balaban J connectivity index is 1.01. The molecule has 0 atom stereocenters. The Bertz CT molecular complexity index is 5260. The molecule has 0 bridgehead atoms. The van der Waals surface area contributed by atoms with E-state index < -0.39 is 0 Å². The summed E-state index contributed by atoms with van der Waals surface area (Å²) in [4.78, 5) is 7.74. The molecule has 86 heavy (non-hydrogen) atoms. The summed E-state index contributed by atoms with van der Waals surface area (Å²) in [5.74, 6) is 1.81. The topological polar surface area (TPSA) is 32.1 Å². The molecule has 4 aliphatic rings. The zero-order valence-electron chi connectivity index (χ0n) is 46.4. The number of benzene rings is 13. The molecule has 0 fully saturated rings. The number of hydrogen-bond donors (Lipinski definition) is 0. The third-order valence-corrected chi connectivity index (χ3v) is 19.6. The Labute approximate surface area is 501 Å². The first-order chi connectivity index (χ1) is 42.7. The fourth-order valence-corrected chi connectivity index (χ4v) is 16.1. The van der Waals surface area contributed by atoms with Gasteiger partial charge in [-0.05, 0) is 104 Å². The van der Waals surface area contributed by atoms with E-state index in [1.54, 1.807) is 0 Å². The second-order valence-corrected chi connectivity index (χ2v) is 24.0. The molecule has 13 aromatic carbocycles. The molecule has 0 saturated carbocycles. The number of anilines is 9. The van der Waals surface area contributed by atoms with Gasteiger partial charge in [-0.3, -0.25) is 0 Å². The normalized spacial score (nSPS) is 13.3. The van der Waals surface area contributed by atoms with E-state index in [-0.39, 0.29) is 13.4 Å². The Morgan fingerprint density at radius 3 is 1.62 bits per heavy atom. The molecular formula is C78H47B2N3O2S. The summed E-state index contributed by atoms with van der Waals surface area (Å²) in [5.41, 5.74) is 25.6. The van der Waals surface area contributed by atoms with Crippen molar-refractivity contribution in [2.24, 2.45) is 0 Å². The van der Waals surface area contributed by atoms with Crippen LogP contribution in [-0.4, -0.2) is 13.4 Å². The van der Waals surface area contributed by atoms with Crippen LogP contribution in [0.3, 0.4) is 0 Å². The van der Waals surface area contributed by atoms with Crippen LogP contribution in [0.15, 0.2) is 290 Å². The standard InChI is InChI=1S/C78H47B2N3O2S/c1-5-24-48(25-6-1)52-32-13-18-39-61(52)82-63-45-64-60(44-59(63)80-58-38-17-21-42-68(58)85-78-73-56-34-15-22-43-70(56)86-71(73)47-66(82)75(78)80)79-57-37-16-19-40-62(57)81(51-30-11-4-12-31-51)77-72-55-33-14-20-41-67(55)84-69(72)46-65(74(77)79)83(64)76-53(49-26-7-2-8-27-49)35-23-36-54(76)50-28-9-3-10-29-50/h1-47H. The highest BCUT2D eigenvalue weighted by atomic mass is 32.1. The van der Waals surface area contributed by atoms with Crippen LogP contribution in [0.1, 0.15) is 0 Å². The maximum absolute atomic E-state index is 7.46. The molecule has 6 heterocycles. The highest BCUT2D eigenvalue weighted by Crippen LogP contribution is 2.55. The van der Waals surface area contributed by atoms with Crippen LogP contribution in [0.4, 0.5) is 51.2 Å². The van der Waals surface area contributed by atoms with E-state index in [0.717, 1.165) is 129 Å². The lowest BCUT2D eigenvalue weighted by Gasteiger charge is -2.47. The monoisotopic (exact) mass is 1110 g/mol. The summed E-state index contributed by atoms with van der Waals surface area (Å²) in [7, 11) is 0. The van der Waals surface area contributed by atoms with E-state index in [4.69, 9.17) is 9.15 Å². The average molecular weight is 1110 g/mol. The van der Waals surface area contributed by atoms with Crippen LogP contribution in [-0.2, 0) is 0 Å². The van der Waals surface area contributed by atoms with Gasteiger partial charge in [-0.25, -0.2) is 0 Å². The first-order valence-electron chi connectivity index (χ1n) is 29.6. The molecule has 0 spiro atoms. The molecule has 2 aromatic heterocycles. The second kappa shape index (κ2) is 18.4. The second-order valence-electron chi connectivity index (χ2n) is 22.9. The van der Waals surface area contributed by atoms with Gasteiger partial charge in [0, 0.05) is 82.4 Å². The molecule has 0 radical (unpaired) electrons. The molecule has 0 saturated heterocycles. The smallest absolute Gasteiger partial charge is 0.256 e. The maximum atomic E-state index is 7.46. The number of rotatable bonds is 6. The first kappa shape index (κ1) is 47.7. The predicted molar refractivity (Wildman–Crippen MR) is 363 cm³/mol. The third kappa shape index (κ3) is 6.73. The Kier molecular flexibility index (Phi) is 10.2. The zero-order chi connectivity index (χ0) is 56.1. The van der Waals surface area contributed by atoms with Crippen LogP contribution in [0.5, 0.6) is 11.5 Å². The lowest BCUT2D eigenvalue weighted by Crippen LogP contribution is -2.64. The number of ether oxygens (including phenoxy) is 1. The van der Waals surface area contributed by atoms with Gasteiger partial charge in [-0.15, -0.1) is 11.3 Å². The Hall–Kier alpha value is -10.8.